The number of hydrogen-bond acceptors (Lipinski definition) is 3. The molecule has 0 atom stereocenters. The van der Waals surface area contributed by atoms with Crippen LogP contribution in [0.1, 0.15) is 29.8 Å². The largest absolute Gasteiger partial charge is 0.465 e. The van der Waals surface area contributed by atoms with E-state index in [1.807, 2.05) is 20.8 Å². The molecular formula is C13H18N2O3. The smallest absolute Gasteiger partial charge is 0.338 e. The molecule has 0 saturated carbocycles. The number of methoxy groups -OCH3 is 1. The van der Waals surface area contributed by atoms with Crippen molar-refractivity contribution >= 4 is 17.7 Å². The van der Waals surface area contributed by atoms with Crippen molar-refractivity contribution in [2.45, 2.75) is 26.8 Å². The number of urea groups is 1. The third kappa shape index (κ3) is 3.76. The van der Waals surface area contributed by atoms with Gasteiger partial charge in [0.2, 0.25) is 0 Å². The van der Waals surface area contributed by atoms with Gasteiger partial charge in [-0.1, -0.05) is 6.07 Å². The molecule has 98 valence electrons. The van der Waals surface area contributed by atoms with Crippen LogP contribution in [0.5, 0.6) is 0 Å². The van der Waals surface area contributed by atoms with Crippen LogP contribution < -0.4 is 10.6 Å². The van der Waals surface area contributed by atoms with Gasteiger partial charge >= 0.3 is 12.0 Å². The average Bonchev–Trinajstić information content (AvgIpc) is 2.29. The minimum atomic E-state index is -0.416. The number of benzene rings is 1. The summed E-state index contributed by atoms with van der Waals surface area (Å²) < 4.78 is 4.67. The molecule has 0 fully saturated rings. The molecule has 1 aromatic carbocycles. The van der Waals surface area contributed by atoms with E-state index in [9.17, 15) is 9.59 Å². The minimum Gasteiger partial charge on any atom is -0.465 e. The molecule has 0 bridgehead atoms. The van der Waals surface area contributed by atoms with Crippen LogP contribution in [0.15, 0.2) is 18.2 Å². The zero-order chi connectivity index (χ0) is 13.7. The Morgan fingerprint density at radius 1 is 1.28 bits per heavy atom. The highest BCUT2D eigenvalue weighted by Gasteiger charge is 2.11. The molecule has 1 aromatic rings. The van der Waals surface area contributed by atoms with E-state index in [4.69, 9.17) is 0 Å². The van der Waals surface area contributed by atoms with Gasteiger partial charge in [0, 0.05) is 11.7 Å². The molecule has 0 aliphatic carbocycles. The quantitative estimate of drug-likeness (QED) is 0.809. The van der Waals surface area contributed by atoms with Crippen molar-refractivity contribution in [2.75, 3.05) is 12.4 Å². The van der Waals surface area contributed by atoms with Gasteiger partial charge in [-0.2, -0.15) is 0 Å². The third-order valence-corrected chi connectivity index (χ3v) is 2.32. The molecule has 2 amide bonds. The molecule has 5 heteroatoms. The zero-order valence-corrected chi connectivity index (χ0v) is 11.0. The van der Waals surface area contributed by atoms with Gasteiger partial charge in [-0.05, 0) is 38.5 Å². The van der Waals surface area contributed by atoms with Crippen LogP contribution >= 0.6 is 0 Å². The second kappa shape index (κ2) is 6.05. The van der Waals surface area contributed by atoms with Crippen molar-refractivity contribution in [1.29, 1.82) is 0 Å². The Morgan fingerprint density at radius 3 is 2.50 bits per heavy atom. The molecule has 0 aliphatic heterocycles. The lowest BCUT2D eigenvalue weighted by Gasteiger charge is -2.11. The van der Waals surface area contributed by atoms with Crippen molar-refractivity contribution in [3.63, 3.8) is 0 Å². The van der Waals surface area contributed by atoms with E-state index < -0.39 is 5.97 Å². The van der Waals surface area contributed by atoms with Crippen LogP contribution in [0.3, 0.4) is 0 Å². The number of carbonyl (C=O) groups excluding carboxylic acids is 2. The minimum absolute atomic E-state index is 0.0514. The zero-order valence-electron chi connectivity index (χ0n) is 11.0. The van der Waals surface area contributed by atoms with Gasteiger partial charge in [-0.15, -0.1) is 0 Å². The molecule has 5 nitrogen and oxygen atoms in total. The van der Waals surface area contributed by atoms with Crippen molar-refractivity contribution in [1.82, 2.24) is 5.32 Å². The summed E-state index contributed by atoms with van der Waals surface area (Å²) in [6.45, 7) is 5.55. The molecule has 2 N–H and O–H groups in total. The number of esters is 1. The molecule has 1 rings (SSSR count). The van der Waals surface area contributed by atoms with Crippen LogP contribution in [-0.2, 0) is 4.74 Å². The van der Waals surface area contributed by atoms with E-state index in [1.54, 1.807) is 18.2 Å². The Kier molecular flexibility index (Phi) is 4.71. The van der Waals surface area contributed by atoms with Crippen LogP contribution in [0.25, 0.3) is 0 Å². The van der Waals surface area contributed by atoms with E-state index in [0.717, 1.165) is 5.56 Å². The molecule has 0 spiro atoms. The Bertz CT molecular complexity index is 456. The maximum atomic E-state index is 11.5. The number of nitrogens with one attached hydrogen (secondary N) is 2. The summed E-state index contributed by atoms with van der Waals surface area (Å²) >= 11 is 0. The van der Waals surface area contributed by atoms with E-state index in [2.05, 4.69) is 15.4 Å². The van der Waals surface area contributed by atoms with Gasteiger partial charge in [0.15, 0.2) is 0 Å². The summed E-state index contributed by atoms with van der Waals surface area (Å²) in [5, 5.41) is 5.36. The normalized spacial score (nSPS) is 10.1. The van der Waals surface area contributed by atoms with Crippen LogP contribution in [0.2, 0.25) is 0 Å². The number of hydrogen-bond donors (Lipinski definition) is 2. The number of rotatable bonds is 3. The summed E-state index contributed by atoms with van der Waals surface area (Å²) in [5.41, 5.74) is 1.80. The number of carbonyl (C=O) groups is 2. The lowest BCUT2D eigenvalue weighted by atomic mass is 10.1. The van der Waals surface area contributed by atoms with Crippen LogP contribution in [0, 0.1) is 6.92 Å². The number of amides is 2. The molecule has 0 unspecified atom stereocenters. The summed E-state index contributed by atoms with van der Waals surface area (Å²) in [5.74, 6) is -0.416. The Balaban J connectivity index is 2.85. The highest BCUT2D eigenvalue weighted by molar-refractivity contribution is 5.95. The summed E-state index contributed by atoms with van der Waals surface area (Å²) in [6.07, 6.45) is 0. The fraction of sp³-hybridized carbons (Fsp3) is 0.385. The molecule has 0 aliphatic rings. The van der Waals surface area contributed by atoms with Crippen molar-refractivity contribution < 1.29 is 14.3 Å². The molecule has 0 radical (unpaired) electrons. The molecule has 0 aromatic heterocycles. The fourth-order valence-electron chi connectivity index (χ4n) is 1.46. The van der Waals surface area contributed by atoms with E-state index in [-0.39, 0.29) is 12.1 Å². The SMILES string of the molecule is COC(=O)c1cc(NC(=O)NC(C)C)ccc1C. The van der Waals surface area contributed by atoms with E-state index in [0.29, 0.717) is 11.3 Å². The standard InChI is InChI=1S/C13H18N2O3/c1-8(2)14-13(17)15-10-6-5-9(3)11(7-10)12(16)18-4/h5-8H,1-4H3,(H2,14,15,17). The second-order valence-corrected chi connectivity index (χ2v) is 4.27. The van der Waals surface area contributed by atoms with Crippen molar-refractivity contribution in [3.05, 3.63) is 29.3 Å². The third-order valence-electron chi connectivity index (χ3n) is 2.32. The fourth-order valence-corrected chi connectivity index (χ4v) is 1.46. The number of anilines is 1. The Morgan fingerprint density at radius 2 is 1.94 bits per heavy atom. The number of ether oxygens (including phenoxy) is 1. The van der Waals surface area contributed by atoms with E-state index in [1.165, 1.54) is 7.11 Å². The predicted octanol–water partition coefficient (Wildman–Crippen LogP) is 2.31. The van der Waals surface area contributed by atoms with E-state index >= 15 is 0 Å². The summed E-state index contributed by atoms with van der Waals surface area (Å²) in [6, 6.07) is 4.85. The first-order valence-corrected chi connectivity index (χ1v) is 5.70. The predicted molar refractivity (Wildman–Crippen MR) is 69.8 cm³/mol. The summed E-state index contributed by atoms with van der Waals surface area (Å²) in [4.78, 5) is 23.0. The van der Waals surface area contributed by atoms with Crippen LogP contribution in [0.4, 0.5) is 10.5 Å². The summed E-state index contributed by atoms with van der Waals surface area (Å²) in [7, 11) is 1.33. The monoisotopic (exact) mass is 250 g/mol. The van der Waals surface area contributed by atoms with Gasteiger partial charge in [0.05, 0.1) is 12.7 Å². The molecule has 0 heterocycles. The lowest BCUT2D eigenvalue weighted by Crippen LogP contribution is -2.34. The van der Waals surface area contributed by atoms with Gasteiger partial charge in [-0.25, -0.2) is 9.59 Å². The lowest BCUT2D eigenvalue weighted by molar-refractivity contribution is 0.0600. The Hall–Kier alpha value is -2.04. The van der Waals surface area contributed by atoms with Crippen LogP contribution in [-0.4, -0.2) is 25.2 Å². The average molecular weight is 250 g/mol. The first-order chi connectivity index (χ1) is 8.43. The maximum absolute atomic E-state index is 11.5. The highest BCUT2D eigenvalue weighted by atomic mass is 16.5. The first kappa shape index (κ1) is 14.0. The molecule has 0 saturated heterocycles. The van der Waals surface area contributed by atoms with Gasteiger partial charge in [0.25, 0.3) is 0 Å². The topological polar surface area (TPSA) is 67.4 Å². The van der Waals surface area contributed by atoms with Crippen molar-refractivity contribution in [2.24, 2.45) is 0 Å². The second-order valence-electron chi connectivity index (χ2n) is 4.27. The van der Waals surface area contributed by atoms with Gasteiger partial charge in [0.1, 0.15) is 0 Å². The molecule has 18 heavy (non-hydrogen) atoms. The maximum Gasteiger partial charge on any atom is 0.338 e. The number of aryl methyl sites for hydroxylation is 1. The highest BCUT2D eigenvalue weighted by Crippen LogP contribution is 2.16. The van der Waals surface area contributed by atoms with Crippen molar-refractivity contribution in [3.8, 4) is 0 Å². The Labute approximate surface area is 107 Å². The first-order valence-electron chi connectivity index (χ1n) is 5.70. The van der Waals surface area contributed by atoms with Gasteiger partial charge in [-0.3, -0.25) is 0 Å². The van der Waals surface area contributed by atoms with Gasteiger partial charge < -0.3 is 15.4 Å². The molecular weight excluding hydrogens is 232 g/mol.